The highest BCUT2D eigenvalue weighted by Gasteiger charge is 2.02. The van der Waals surface area contributed by atoms with Gasteiger partial charge in [0.25, 0.3) is 0 Å². The Kier molecular flexibility index (Phi) is 2.47. The molecular weight excluding hydrogens is 210 g/mol. The minimum atomic E-state index is 0.615. The van der Waals surface area contributed by atoms with Crippen molar-refractivity contribution in [2.24, 2.45) is 0 Å². The zero-order valence-corrected chi connectivity index (χ0v) is 9.21. The van der Waals surface area contributed by atoms with Crippen LogP contribution in [0.2, 0.25) is 0 Å². The predicted octanol–water partition coefficient (Wildman–Crippen LogP) is 4.03. The largest absolute Gasteiger partial charge is 0.438 e. The molecule has 0 N–H and O–H groups in total. The fourth-order valence-corrected chi connectivity index (χ4v) is 1.80. The highest BCUT2D eigenvalue weighted by Crippen LogP contribution is 2.28. The molecule has 2 heteroatoms. The van der Waals surface area contributed by atoms with Crippen molar-refractivity contribution in [3.05, 3.63) is 66.9 Å². The van der Waals surface area contributed by atoms with E-state index in [0.717, 1.165) is 11.1 Å². The lowest BCUT2D eigenvalue weighted by Crippen LogP contribution is -1.87. The predicted molar refractivity (Wildman–Crippen MR) is 68.3 cm³/mol. The molecule has 0 aliphatic rings. The van der Waals surface area contributed by atoms with Crippen molar-refractivity contribution < 1.29 is 4.74 Å². The second kappa shape index (κ2) is 4.26. The van der Waals surface area contributed by atoms with Gasteiger partial charge in [0.15, 0.2) is 0 Å². The third kappa shape index (κ3) is 1.97. The number of nitrogens with zero attached hydrogens (tertiary/aromatic N) is 1. The molecule has 2 nitrogen and oxygen atoms in total. The monoisotopic (exact) mass is 221 g/mol. The standard InChI is InChI=1S/C15H11NO/c1-2-8-13-12(6-1)7-5-9-14(13)17-15-10-3-4-11-16-15/h1-11H. The molecule has 3 aromatic rings. The van der Waals surface area contributed by atoms with Crippen molar-refractivity contribution in [2.45, 2.75) is 0 Å². The lowest BCUT2D eigenvalue weighted by Gasteiger charge is -2.07. The summed E-state index contributed by atoms with van der Waals surface area (Å²) in [6.45, 7) is 0. The molecule has 3 rings (SSSR count). The van der Waals surface area contributed by atoms with Crippen molar-refractivity contribution in [3.63, 3.8) is 0 Å². The van der Waals surface area contributed by atoms with Crippen LogP contribution < -0.4 is 4.74 Å². The van der Waals surface area contributed by atoms with Gasteiger partial charge in [-0.1, -0.05) is 42.5 Å². The van der Waals surface area contributed by atoms with Crippen molar-refractivity contribution >= 4 is 10.8 Å². The SMILES string of the molecule is c1ccc(Oc2cccc3ccccc23)nc1. The Bertz CT molecular complexity index is 629. The maximum absolute atomic E-state index is 5.78. The first-order valence-electron chi connectivity index (χ1n) is 5.50. The van der Waals surface area contributed by atoms with E-state index < -0.39 is 0 Å². The van der Waals surface area contributed by atoms with Crippen molar-refractivity contribution in [1.29, 1.82) is 0 Å². The van der Waals surface area contributed by atoms with Gasteiger partial charge in [-0.15, -0.1) is 0 Å². The fraction of sp³-hybridized carbons (Fsp3) is 0. The maximum atomic E-state index is 5.78. The molecule has 0 bridgehead atoms. The lowest BCUT2D eigenvalue weighted by molar-refractivity contribution is 0.468. The average molecular weight is 221 g/mol. The van der Waals surface area contributed by atoms with Crippen LogP contribution in [0.15, 0.2) is 66.9 Å². The molecule has 2 aromatic carbocycles. The van der Waals surface area contributed by atoms with E-state index >= 15 is 0 Å². The van der Waals surface area contributed by atoms with Crippen LogP contribution in [0.4, 0.5) is 0 Å². The minimum absolute atomic E-state index is 0.615. The quantitative estimate of drug-likeness (QED) is 0.651. The molecule has 82 valence electrons. The molecule has 0 amide bonds. The van der Waals surface area contributed by atoms with Crippen LogP contribution in [0.25, 0.3) is 10.8 Å². The summed E-state index contributed by atoms with van der Waals surface area (Å²) in [6.07, 6.45) is 1.72. The Labute approximate surface area is 99.5 Å². The van der Waals surface area contributed by atoms with Gasteiger partial charge in [-0.2, -0.15) is 0 Å². The first-order valence-corrected chi connectivity index (χ1v) is 5.50. The van der Waals surface area contributed by atoms with E-state index in [1.54, 1.807) is 6.20 Å². The third-order valence-electron chi connectivity index (χ3n) is 2.60. The molecular formula is C15H11NO. The van der Waals surface area contributed by atoms with Crippen molar-refractivity contribution in [3.8, 4) is 11.6 Å². The molecule has 0 unspecified atom stereocenters. The van der Waals surface area contributed by atoms with Crippen molar-refractivity contribution in [1.82, 2.24) is 4.98 Å². The van der Waals surface area contributed by atoms with Gasteiger partial charge >= 0.3 is 0 Å². The van der Waals surface area contributed by atoms with Crippen LogP contribution in [0.5, 0.6) is 11.6 Å². The zero-order chi connectivity index (χ0) is 11.5. The number of rotatable bonds is 2. The molecule has 0 radical (unpaired) electrons. The highest BCUT2D eigenvalue weighted by atomic mass is 16.5. The molecule has 0 atom stereocenters. The first-order chi connectivity index (χ1) is 8.43. The van der Waals surface area contributed by atoms with E-state index in [-0.39, 0.29) is 0 Å². The van der Waals surface area contributed by atoms with Crippen LogP contribution >= 0.6 is 0 Å². The Morgan fingerprint density at radius 2 is 1.59 bits per heavy atom. The Morgan fingerprint density at radius 1 is 0.765 bits per heavy atom. The molecule has 1 heterocycles. The number of hydrogen-bond acceptors (Lipinski definition) is 2. The second-order valence-corrected chi connectivity index (χ2v) is 3.75. The number of ether oxygens (including phenoxy) is 1. The van der Waals surface area contributed by atoms with Gasteiger partial charge in [-0.3, -0.25) is 0 Å². The van der Waals surface area contributed by atoms with Crippen molar-refractivity contribution in [2.75, 3.05) is 0 Å². The van der Waals surface area contributed by atoms with Crippen LogP contribution in [0, 0.1) is 0 Å². The smallest absolute Gasteiger partial charge is 0.219 e. The summed E-state index contributed by atoms with van der Waals surface area (Å²) >= 11 is 0. The fourth-order valence-electron chi connectivity index (χ4n) is 1.80. The molecule has 0 aliphatic carbocycles. The van der Waals surface area contributed by atoms with E-state index in [9.17, 15) is 0 Å². The first kappa shape index (κ1) is 9.85. The molecule has 0 saturated heterocycles. The van der Waals surface area contributed by atoms with E-state index in [1.165, 1.54) is 5.39 Å². The summed E-state index contributed by atoms with van der Waals surface area (Å²) in [4.78, 5) is 4.16. The Balaban J connectivity index is 2.06. The van der Waals surface area contributed by atoms with Gasteiger partial charge in [0.2, 0.25) is 5.88 Å². The molecule has 17 heavy (non-hydrogen) atoms. The number of hydrogen-bond donors (Lipinski definition) is 0. The van der Waals surface area contributed by atoms with Gasteiger partial charge < -0.3 is 4.74 Å². The summed E-state index contributed by atoms with van der Waals surface area (Å²) in [7, 11) is 0. The van der Waals surface area contributed by atoms with Gasteiger partial charge in [0.05, 0.1) is 0 Å². The van der Waals surface area contributed by atoms with Gasteiger partial charge in [0.1, 0.15) is 5.75 Å². The number of benzene rings is 2. The van der Waals surface area contributed by atoms with E-state index in [1.807, 2.05) is 48.5 Å². The van der Waals surface area contributed by atoms with Crippen LogP contribution in [0.1, 0.15) is 0 Å². The number of aromatic nitrogens is 1. The molecule has 0 spiro atoms. The van der Waals surface area contributed by atoms with Gasteiger partial charge in [0, 0.05) is 17.6 Å². The maximum Gasteiger partial charge on any atom is 0.219 e. The van der Waals surface area contributed by atoms with E-state index in [0.29, 0.717) is 5.88 Å². The summed E-state index contributed by atoms with van der Waals surface area (Å²) in [5.74, 6) is 1.45. The minimum Gasteiger partial charge on any atom is -0.438 e. The zero-order valence-electron chi connectivity index (χ0n) is 9.21. The highest BCUT2D eigenvalue weighted by molar-refractivity contribution is 5.88. The van der Waals surface area contributed by atoms with E-state index in [2.05, 4.69) is 17.1 Å². The van der Waals surface area contributed by atoms with Crippen LogP contribution in [0.3, 0.4) is 0 Å². The molecule has 0 fully saturated rings. The topological polar surface area (TPSA) is 22.1 Å². The summed E-state index contributed by atoms with van der Waals surface area (Å²) < 4.78 is 5.78. The van der Waals surface area contributed by atoms with Crippen LogP contribution in [-0.2, 0) is 0 Å². The third-order valence-corrected chi connectivity index (χ3v) is 2.60. The number of fused-ring (bicyclic) bond motifs is 1. The lowest BCUT2D eigenvalue weighted by atomic mass is 10.1. The Hall–Kier alpha value is -2.35. The summed E-state index contributed by atoms with van der Waals surface area (Å²) in [5.41, 5.74) is 0. The molecule has 1 aromatic heterocycles. The Morgan fingerprint density at radius 3 is 2.47 bits per heavy atom. The summed E-state index contributed by atoms with van der Waals surface area (Å²) in [5, 5.41) is 2.27. The molecule has 0 aliphatic heterocycles. The van der Waals surface area contributed by atoms with E-state index in [4.69, 9.17) is 4.74 Å². The summed E-state index contributed by atoms with van der Waals surface area (Å²) in [6, 6.07) is 19.8. The van der Waals surface area contributed by atoms with Crippen LogP contribution in [-0.4, -0.2) is 4.98 Å². The second-order valence-electron chi connectivity index (χ2n) is 3.75. The average Bonchev–Trinajstić information content (AvgIpc) is 2.40. The van der Waals surface area contributed by atoms with Gasteiger partial charge in [-0.05, 0) is 17.5 Å². The van der Waals surface area contributed by atoms with Gasteiger partial charge in [-0.25, -0.2) is 4.98 Å². The normalized spacial score (nSPS) is 10.4. The molecule has 0 saturated carbocycles. The number of pyridine rings is 1.